The molecule has 0 aliphatic carbocycles. The molecule has 3 N–H and O–H groups in total. The summed E-state index contributed by atoms with van der Waals surface area (Å²) in [5, 5.41) is 0. The van der Waals surface area contributed by atoms with E-state index in [1.807, 2.05) is 0 Å². The van der Waals surface area contributed by atoms with Crippen molar-refractivity contribution in [3.05, 3.63) is 60.8 Å². The molecule has 0 fully saturated rings. The molecule has 0 aromatic carbocycles. The van der Waals surface area contributed by atoms with E-state index in [0.29, 0.717) is 13.0 Å². The predicted molar refractivity (Wildman–Crippen MR) is 219 cm³/mol. The summed E-state index contributed by atoms with van der Waals surface area (Å²) in [6.45, 7) is 4.71. The van der Waals surface area contributed by atoms with Crippen LogP contribution >= 0.6 is 7.82 Å². The Bertz CT molecular complexity index is 979. The molecule has 0 rings (SSSR count). The summed E-state index contributed by atoms with van der Waals surface area (Å²) < 4.78 is 33.4. The molecule has 0 aliphatic heterocycles. The number of nitrogens with two attached hydrogens (primary N) is 1. The lowest BCUT2D eigenvalue weighted by Gasteiger charge is -2.20. The maximum absolute atomic E-state index is 12.6. The number of rotatable bonds is 39. The van der Waals surface area contributed by atoms with E-state index in [1.54, 1.807) is 0 Å². The lowest BCUT2D eigenvalue weighted by Crippen LogP contribution is -2.28. The molecule has 2 atom stereocenters. The fraction of sp³-hybridized carbons (Fsp3) is 0.744. The molecule has 302 valence electrons. The number of ether oxygens (including phenoxy) is 2. The fourth-order valence-electron chi connectivity index (χ4n) is 5.39. The predicted octanol–water partition coefficient (Wildman–Crippen LogP) is 12.2. The largest absolute Gasteiger partial charge is 0.472 e. The average molecular weight is 752 g/mol. The summed E-state index contributed by atoms with van der Waals surface area (Å²) in [5.74, 6) is -0.346. The van der Waals surface area contributed by atoms with Crippen molar-refractivity contribution in [2.75, 3.05) is 33.0 Å². The van der Waals surface area contributed by atoms with Gasteiger partial charge in [0.25, 0.3) is 0 Å². The highest BCUT2D eigenvalue weighted by molar-refractivity contribution is 7.47. The standard InChI is InChI=1S/C43H78NO7P/c1-3-5-7-9-11-13-15-17-19-20-21-22-23-24-26-28-30-32-34-36-43(45)51-42(41-50-52(46,47)49-39-37-44)40-48-38-35-33-31-29-27-25-18-16-14-12-10-8-6-4-2/h6,8,11-14,17-19,25,42H,3-5,7,9-10,15-16,20-24,26-41,44H2,1-2H3,(H,46,47)/b8-6-,13-11-,14-12-,19-17-,25-18-. The Labute approximate surface area is 319 Å². The third-order valence-corrected chi connectivity index (χ3v) is 9.40. The smallest absolute Gasteiger partial charge is 0.457 e. The Balaban J connectivity index is 4.08. The minimum absolute atomic E-state index is 0.0931. The van der Waals surface area contributed by atoms with Crippen molar-refractivity contribution in [3.63, 3.8) is 0 Å². The highest BCUT2D eigenvalue weighted by atomic mass is 31.2. The highest BCUT2D eigenvalue weighted by Gasteiger charge is 2.25. The number of phosphoric acid groups is 1. The van der Waals surface area contributed by atoms with Gasteiger partial charge in [-0.15, -0.1) is 0 Å². The number of hydrogen-bond acceptors (Lipinski definition) is 7. The quantitative estimate of drug-likeness (QED) is 0.0276. The van der Waals surface area contributed by atoms with Crippen LogP contribution in [0.5, 0.6) is 0 Å². The van der Waals surface area contributed by atoms with E-state index in [2.05, 4.69) is 74.6 Å². The summed E-state index contributed by atoms with van der Waals surface area (Å²) in [7, 11) is -4.28. The number of carbonyl (C=O) groups is 1. The molecule has 0 radical (unpaired) electrons. The summed E-state index contributed by atoms with van der Waals surface area (Å²) >= 11 is 0. The van der Waals surface area contributed by atoms with Crippen LogP contribution in [0.4, 0.5) is 0 Å². The summed E-state index contributed by atoms with van der Waals surface area (Å²) in [6.07, 6.45) is 48.1. The van der Waals surface area contributed by atoms with Gasteiger partial charge in [0.15, 0.2) is 0 Å². The van der Waals surface area contributed by atoms with E-state index in [9.17, 15) is 14.3 Å². The van der Waals surface area contributed by atoms with Gasteiger partial charge in [0.2, 0.25) is 0 Å². The molecule has 0 saturated carbocycles. The Morgan fingerprint density at radius 3 is 1.62 bits per heavy atom. The van der Waals surface area contributed by atoms with Gasteiger partial charge in [-0.05, 0) is 77.0 Å². The van der Waals surface area contributed by atoms with Crippen molar-refractivity contribution in [1.29, 1.82) is 0 Å². The van der Waals surface area contributed by atoms with E-state index >= 15 is 0 Å². The van der Waals surface area contributed by atoms with Crippen molar-refractivity contribution in [3.8, 4) is 0 Å². The van der Waals surface area contributed by atoms with Crippen LogP contribution in [-0.4, -0.2) is 49.9 Å². The first-order chi connectivity index (χ1) is 25.4. The Morgan fingerprint density at radius 1 is 0.596 bits per heavy atom. The Morgan fingerprint density at radius 2 is 1.08 bits per heavy atom. The minimum Gasteiger partial charge on any atom is -0.457 e. The second kappa shape index (κ2) is 40.4. The Hall–Kier alpha value is -1.80. The second-order valence-electron chi connectivity index (χ2n) is 13.5. The van der Waals surface area contributed by atoms with Gasteiger partial charge < -0.3 is 20.1 Å². The zero-order valence-electron chi connectivity index (χ0n) is 33.3. The van der Waals surface area contributed by atoms with Gasteiger partial charge in [-0.2, -0.15) is 0 Å². The molecular weight excluding hydrogens is 673 g/mol. The molecule has 0 heterocycles. The molecule has 0 saturated heterocycles. The number of allylic oxidation sites excluding steroid dienone is 10. The molecule has 0 spiro atoms. The number of unbranched alkanes of at least 4 members (excludes halogenated alkanes) is 16. The van der Waals surface area contributed by atoms with Crippen LogP contribution in [0.1, 0.15) is 168 Å². The first-order valence-electron chi connectivity index (χ1n) is 20.8. The first kappa shape index (κ1) is 50.2. The van der Waals surface area contributed by atoms with Gasteiger partial charge in [0.1, 0.15) is 6.10 Å². The molecule has 0 bridgehead atoms. The third-order valence-electron chi connectivity index (χ3n) is 8.42. The van der Waals surface area contributed by atoms with E-state index in [4.69, 9.17) is 24.3 Å². The van der Waals surface area contributed by atoms with E-state index < -0.39 is 13.9 Å². The highest BCUT2D eigenvalue weighted by Crippen LogP contribution is 2.43. The lowest BCUT2D eigenvalue weighted by molar-refractivity contribution is -0.154. The van der Waals surface area contributed by atoms with Crippen molar-refractivity contribution in [2.45, 2.75) is 174 Å². The maximum atomic E-state index is 12.6. The van der Waals surface area contributed by atoms with Crippen molar-refractivity contribution < 1.29 is 32.8 Å². The van der Waals surface area contributed by atoms with E-state index in [1.165, 1.54) is 70.6 Å². The van der Waals surface area contributed by atoms with Crippen LogP contribution in [0.2, 0.25) is 0 Å². The SMILES string of the molecule is CC/C=C\C/C=C\C/C=C\CCCCCCOCC(COP(=O)(O)OCCN)OC(=O)CCCCCCCCCCC/C=C\C/C=C\CCCCC. The van der Waals surface area contributed by atoms with Crippen molar-refractivity contribution >= 4 is 13.8 Å². The molecule has 8 nitrogen and oxygen atoms in total. The molecule has 52 heavy (non-hydrogen) atoms. The van der Waals surface area contributed by atoms with Crippen molar-refractivity contribution in [2.24, 2.45) is 5.73 Å². The zero-order valence-corrected chi connectivity index (χ0v) is 34.2. The normalized spacial score (nSPS) is 14.2. The van der Waals surface area contributed by atoms with Crippen molar-refractivity contribution in [1.82, 2.24) is 0 Å². The van der Waals surface area contributed by atoms with E-state index in [-0.39, 0.29) is 32.3 Å². The molecule has 2 unspecified atom stereocenters. The molecule has 0 amide bonds. The van der Waals surface area contributed by atoms with E-state index in [0.717, 1.165) is 77.0 Å². The lowest BCUT2D eigenvalue weighted by atomic mass is 10.1. The molecule has 0 aromatic heterocycles. The molecule has 0 aliphatic rings. The number of hydrogen-bond donors (Lipinski definition) is 2. The van der Waals surface area contributed by atoms with Crippen LogP contribution < -0.4 is 5.73 Å². The van der Waals surface area contributed by atoms with Crippen LogP contribution in [0.3, 0.4) is 0 Å². The topological polar surface area (TPSA) is 117 Å². The number of phosphoric ester groups is 1. The van der Waals surface area contributed by atoms with Gasteiger partial charge in [0.05, 0.1) is 19.8 Å². The van der Waals surface area contributed by atoms with Gasteiger partial charge in [-0.1, -0.05) is 145 Å². The zero-order chi connectivity index (χ0) is 38.1. The summed E-state index contributed by atoms with van der Waals surface area (Å²) in [4.78, 5) is 22.4. The molecule has 0 aromatic rings. The summed E-state index contributed by atoms with van der Waals surface area (Å²) in [5.41, 5.74) is 5.36. The number of esters is 1. The second-order valence-corrected chi connectivity index (χ2v) is 14.9. The maximum Gasteiger partial charge on any atom is 0.472 e. The average Bonchev–Trinajstić information content (AvgIpc) is 3.13. The Kier molecular flexibility index (Phi) is 39.0. The van der Waals surface area contributed by atoms with Gasteiger partial charge in [-0.25, -0.2) is 4.57 Å². The van der Waals surface area contributed by atoms with Gasteiger partial charge in [-0.3, -0.25) is 13.8 Å². The van der Waals surface area contributed by atoms with Gasteiger partial charge in [0, 0.05) is 19.6 Å². The van der Waals surface area contributed by atoms with Crippen LogP contribution in [-0.2, 0) is 27.9 Å². The van der Waals surface area contributed by atoms with Crippen LogP contribution in [0.15, 0.2) is 60.8 Å². The fourth-order valence-corrected chi connectivity index (χ4v) is 6.16. The van der Waals surface area contributed by atoms with Crippen LogP contribution in [0, 0.1) is 0 Å². The summed E-state index contributed by atoms with van der Waals surface area (Å²) in [6, 6.07) is 0. The minimum atomic E-state index is -4.28. The first-order valence-corrected chi connectivity index (χ1v) is 22.3. The van der Waals surface area contributed by atoms with Gasteiger partial charge >= 0.3 is 13.8 Å². The van der Waals surface area contributed by atoms with Crippen LogP contribution in [0.25, 0.3) is 0 Å². The number of carbonyl (C=O) groups excluding carboxylic acids is 1. The molecule has 9 heteroatoms. The monoisotopic (exact) mass is 752 g/mol. The third kappa shape index (κ3) is 39.4. The molecular formula is C43H78NO7P.